The van der Waals surface area contributed by atoms with Crippen LogP contribution in [0.1, 0.15) is 37.3 Å². The number of aliphatic imine (C=N–C) groups is 1. The molecule has 3 heterocycles. The van der Waals surface area contributed by atoms with Gasteiger partial charge in [-0.3, -0.25) is 9.89 Å². The van der Waals surface area contributed by atoms with Crippen LogP contribution in [0.3, 0.4) is 0 Å². The van der Waals surface area contributed by atoms with Gasteiger partial charge in [0, 0.05) is 70.7 Å². The van der Waals surface area contributed by atoms with E-state index in [0.717, 1.165) is 87.5 Å². The molecule has 0 bridgehead atoms. The minimum Gasteiger partial charge on any atom is -0.361 e. The second kappa shape index (κ2) is 13.5. The number of piperazine rings is 1. The fourth-order valence-corrected chi connectivity index (χ4v) is 3.67. The SMILES string of the molecule is CCc1noc(CC)c1CNC(=NC)NCCCN1CCN(c2ncccn2)CC1.I. The van der Waals surface area contributed by atoms with E-state index in [1.165, 1.54) is 0 Å². The summed E-state index contributed by atoms with van der Waals surface area (Å²) >= 11 is 0. The standard InChI is InChI=1S/C21H34N8O.HI/c1-4-18-17(19(5-2)30-27-18)16-26-20(22-3)23-10-7-11-28-12-14-29(15-13-28)21-24-8-6-9-25-21;/h6,8-9H,4-5,7,10-16H2,1-3H3,(H2,22,23,26);1H. The second-order valence-electron chi connectivity index (χ2n) is 7.32. The lowest BCUT2D eigenvalue weighted by Crippen LogP contribution is -2.47. The third-order valence-electron chi connectivity index (χ3n) is 5.41. The Balaban J connectivity index is 0.00000341. The summed E-state index contributed by atoms with van der Waals surface area (Å²) in [6, 6.07) is 1.85. The van der Waals surface area contributed by atoms with Crippen LogP contribution in [0.25, 0.3) is 0 Å². The van der Waals surface area contributed by atoms with Gasteiger partial charge < -0.3 is 20.1 Å². The first-order valence-electron chi connectivity index (χ1n) is 10.9. The quantitative estimate of drug-likeness (QED) is 0.215. The zero-order valence-corrected chi connectivity index (χ0v) is 21.1. The Morgan fingerprint density at radius 1 is 1.10 bits per heavy atom. The van der Waals surface area contributed by atoms with E-state index >= 15 is 0 Å². The molecule has 0 radical (unpaired) electrons. The van der Waals surface area contributed by atoms with Crippen molar-refractivity contribution in [2.45, 2.75) is 39.7 Å². The molecule has 1 saturated heterocycles. The van der Waals surface area contributed by atoms with Crippen LogP contribution in [0.4, 0.5) is 5.95 Å². The highest BCUT2D eigenvalue weighted by molar-refractivity contribution is 14.0. The van der Waals surface area contributed by atoms with Crippen molar-refractivity contribution >= 4 is 35.9 Å². The highest BCUT2D eigenvalue weighted by atomic mass is 127. The molecule has 1 fully saturated rings. The van der Waals surface area contributed by atoms with E-state index in [0.29, 0.717) is 6.54 Å². The van der Waals surface area contributed by atoms with E-state index in [9.17, 15) is 0 Å². The molecular weight excluding hydrogens is 507 g/mol. The van der Waals surface area contributed by atoms with Gasteiger partial charge in [-0.1, -0.05) is 19.0 Å². The third-order valence-corrected chi connectivity index (χ3v) is 5.41. The van der Waals surface area contributed by atoms with Crippen LogP contribution in [-0.2, 0) is 19.4 Å². The number of nitrogens with zero attached hydrogens (tertiary/aromatic N) is 6. The Labute approximate surface area is 202 Å². The maximum atomic E-state index is 5.44. The molecule has 10 heteroatoms. The predicted octanol–water partition coefficient (Wildman–Crippen LogP) is 2.08. The average Bonchev–Trinajstić information content (AvgIpc) is 3.21. The van der Waals surface area contributed by atoms with Crippen molar-refractivity contribution in [3.63, 3.8) is 0 Å². The summed E-state index contributed by atoms with van der Waals surface area (Å²) in [4.78, 5) is 17.8. The molecule has 0 unspecified atom stereocenters. The van der Waals surface area contributed by atoms with E-state index in [1.807, 2.05) is 6.07 Å². The van der Waals surface area contributed by atoms with Crippen LogP contribution in [0.15, 0.2) is 28.0 Å². The van der Waals surface area contributed by atoms with Crippen LogP contribution in [0, 0.1) is 0 Å². The first-order chi connectivity index (χ1) is 14.7. The molecule has 2 aromatic heterocycles. The Morgan fingerprint density at radius 2 is 1.84 bits per heavy atom. The van der Waals surface area contributed by atoms with Crippen LogP contribution >= 0.6 is 24.0 Å². The molecule has 3 rings (SSSR count). The van der Waals surface area contributed by atoms with Gasteiger partial charge in [0.15, 0.2) is 5.96 Å². The fourth-order valence-electron chi connectivity index (χ4n) is 3.67. The van der Waals surface area contributed by atoms with E-state index in [1.54, 1.807) is 19.4 Å². The summed E-state index contributed by atoms with van der Waals surface area (Å²) in [6.45, 7) is 10.8. The second-order valence-corrected chi connectivity index (χ2v) is 7.32. The lowest BCUT2D eigenvalue weighted by molar-refractivity contribution is 0.254. The topological polar surface area (TPSA) is 94.7 Å². The van der Waals surface area contributed by atoms with Crippen molar-refractivity contribution in [3.05, 3.63) is 35.5 Å². The molecule has 1 aliphatic rings. The van der Waals surface area contributed by atoms with Gasteiger partial charge in [-0.15, -0.1) is 24.0 Å². The summed E-state index contributed by atoms with van der Waals surface area (Å²) < 4.78 is 5.44. The third kappa shape index (κ3) is 7.30. The summed E-state index contributed by atoms with van der Waals surface area (Å²) in [5.74, 6) is 2.60. The lowest BCUT2D eigenvalue weighted by Gasteiger charge is -2.34. The van der Waals surface area contributed by atoms with Gasteiger partial charge in [0.05, 0.1) is 5.69 Å². The molecule has 1 aliphatic heterocycles. The summed E-state index contributed by atoms with van der Waals surface area (Å²) in [7, 11) is 1.80. The zero-order chi connectivity index (χ0) is 21.2. The predicted molar refractivity (Wildman–Crippen MR) is 134 cm³/mol. The smallest absolute Gasteiger partial charge is 0.225 e. The van der Waals surface area contributed by atoms with Gasteiger partial charge >= 0.3 is 0 Å². The number of halogens is 1. The molecule has 0 spiro atoms. The molecule has 0 saturated carbocycles. The minimum absolute atomic E-state index is 0. The minimum atomic E-state index is 0. The van der Waals surface area contributed by atoms with Gasteiger partial charge in [-0.2, -0.15) is 0 Å². The maximum absolute atomic E-state index is 5.44. The van der Waals surface area contributed by atoms with Crippen LogP contribution in [-0.4, -0.2) is 72.3 Å². The maximum Gasteiger partial charge on any atom is 0.225 e. The Bertz CT molecular complexity index is 768. The first kappa shape index (κ1) is 25.3. The molecule has 0 amide bonds. The Morgan fingerprint density at radius 3 is 2.48 bits per heavy atom. The molecular formula is C21H35IN8O. The van der Waals surface area contributed by atoms with Crippen molar-refractivity contribution < 1.29 is 4.52 Å². The number of nitrogens with one attached hydrogen (secondary N) is 2. The number of hydrogen-bond donors (Lipinski definition) is 2. The van der Waals surface area contributed by atoms with Gasteiger partial charge in [0.2, 0.25) is 5.95 Å². The molecule has 0 atom stereocenters. The highest BCUT2D eigenvalue weighted by Gasteiger charge is 2.18. The van der Waals surface area contributed by atoms with Crippen molar-refractivity contribution in [3.8, 4) is 0 Å². The van der Waals surface area contributed by atoms with Gasteiger partial charge in [0.25, 0.3) is 0 Å². The normalized spacial score (nSPS) is 14.9. The highest BCUT2D eigenvalue weighted by Crippen LogP contribution is 2.15. The van der Waals surface area contributed by atoms with Gasteiger partial charge in [-0.25, -0.2) is 9.97 Å². The van der Waals surface area contributed by atoms with E-state index in [4.69, 9.17) is 4.52 Å². The average molecular weight is 542 g/mol. The van der Waals surface area contributed by atoms with Crippen molar-refractivity contribution in [2.24, 2.45) is 4.99 Å². The molecule has 0 aromatic carbocycles. The summed E-state index contributed by atoms with van der Waals surface area (Å²) in [5, 5.41) is 11.0. The molecule has 2 N–H and O–H groups in total. The molecule has 2 aromatic rings. The number of aromatic nitrogens is 3. The number of hydrogen-bond acceptors (Lipinski definition) is 7. The van der Waals surface area contributed by atoms with E-state index < -0.39 is 0 Å². The largest absolute Gasteiger partial charge is 0.361 e. The van der Waals surface area contributed by atoms with Crippen LogP contribution in [0.2, 0.25) is 0 Å². The monoisotopic (exact) mass is 542 g/mol. The van der Waals surface area contributed by atoms with Crippen LogP contribution < -0.4 is 15.5 Å². The van der Waals surface area contributed by atoms with Crippen molar-refractivity contribution in [1.29, 1.82) is 0 Å². The molecule has 0 aliphatic carbocycles. The summed E-state index contributed by atoms with van der Waals surface area (Å²) in [6.07, 6.45) is 6.39. The van der Waals surface area contributed by atoms with E-state index in [-0.39, 0.29) is 24.0 Å². The lowest BCUT2D eigenvalue weighted by atomic mass is 10.1. The molecule has 31 heavy (non-hydrogen) atoms. The fraction of sp³-hybridized carbons (Fsp3) is 0.619. The number of anilines is 1. The Hall–Kier alpha value is -1.95. The van der Waals surface area contributed by atoms with Crippen LogP contribution in [0.5, 0.6) is 0 Å². The van der Waals surface area contributed by atoms with Gasteiger partial charge in [0.1, 0.15) is 5.76 Å². The Kier molecular flexibility index (Phi) is 11.0. The van der Waals surface area contributed by atoms with Crippen molar-refractivity contribution in [2.75, 3.05) is 51.2 Å². The molecule has 9 nitrogen and oxygen atoms in total. The van der Waals surface area contributed by atoms with Gasteiger partial charge in [-0.05, 0) is 25.5 Å². The van der Waals surface area contributed by atoms with E-state index in [2.05, 4.69) is 54.4 Å². The first-order valence-corrected chi connectivity index (χ1v) is 10.9. The van der Waals surface area contributed by atoms with Crippen molar-refractivity contribution in [1.82, 2.24) is 30.7 Å². The molecule has 172 valence electrons. The number of aryl methyl sites for hydroxylation is 2. The number of guanidine groups is 1. The zero-order valence-electron chi connectivity index (χ0n) is 18.8. The number of rotatable bonds is 9. The summed E-state index contributed by atoms with van der Waals surface area (Å²) in [5.41, 5.74) is 2.18.